The van der Waals surface area contributed by atoms with Gasteiger partial charge in [0.15, 0.2) is 0 Å². The van der Waals surface area contributed by atoms with Crippen LogP contribution in [0, 0.1) is 6.92 Å². The van der Waals surface area contributed by atoms with Gasteiger partial charge in [0, 0.05) is 40.2 Å². The summed E-state index contributed by atoms with van der Waals surface area (Å²) in [6.45, 7) is 3.20. The Balaban J connectivity index is 1.73. The molecule has 0 N–H and O–H groups in total. The van der Waals surface area contributed by atoms with Crippen LogP contribution in [0.3, 0.4) is 0 Å². The Morgan fingerprint density at radius 2 is 1.76 bits per heavy atom. The van der Waals surface area contributed by atoms with E-state index in [-0.39, 0.29) is 29.2 Å². The highest BCUT2D eigenvalue weighted by Gasteiger charge is 2.24. The Morgan fingerprint density at radius 3 is 2.44 bits per heavy atom. The number of hydrogen-bond donors (Lipinski definition) is 0. The molecule has 1 aliphatic heterocycles. The first-order valence-electron chi connectivity index (χ1n) is 11.2. The Morgan fingerprint density at radius 1 is 1.06 bits per heavy atom. The summed E-state index contributed by atoms with van der Waals surface area (Å²) in [6.07, 6.45) is 1.95. The van der Waals surface area contributed by atoms with Crippen molar-refractivity contribution in [3.63, 3.8) is 0 Å². The van der Waals surface area contributed by atoms with Gasteiger partial charge in [-0.05, 0) is 55.7 Å². The molecule has 34 heavy (non-hydrogen) atoms. The van der Waals surface area contributed by atoms with Crippen LogP contribution in [0.15, 0.2) is 56.9 Å². The van der Waals surface area contributed by atoms with Gasteiger partial charge in [0.1, 0.15) is 0 Å². The number of carbonyl (C=O) groups is 1. The number of aromatic nitrogens is 2. The first kappa shape index (κ1) is 23.7. The SMILES string of the molecule is Cc1cccc(N(C)S(=O)(=O)c2ccc3c(c2)c(=O)n(CCC(=O)N2CCCC2)c(=O)n3C)c1. The van der Waals surface area contributed by atoms with E-state index in [2.05, 4.69) is 0 Å². The van der Waals surface area contributed by atoms with E-state index in [1.165, 1.54) is 36.9 Å². The summed E-state index contributed by atoms with van der Waals surface area (Å²) in [6, 6.07) is 11.3. The van der Waals surface area contributed by atoms with Crippen molar-refractivity contribution in [3.05, 3.63) is 68.9 Å². The number of amides is 1. The van der Waals surface area contributed by atoms with Gasteiger partial charge in [-0.25, -0.2) is 13.2 Å². The monoisotopic (exact) mass is 484 g/mol. The van der Waals surface area contributed by atoms with E-state index in [9.17, 15) is 22.8 Å². The molecule has 0 aliphatic carbocycles. The van der Waals surface area contributed by atoms with E-state index < -0.39 is 21.3 Å². The fraction of sp³-hybridized carbons (Fsp3) is 0.375. The highest BCUT2D eigenvalue weighted by Crippen LogP contribution is 2.24. The molecule has 0 bridgehead atoms. The minimum absolute atomic E-state index is 0.0364. The number of benzene rings is 2. The third-order valence-electron chi connectivity index (χ3n) is 6.35. The maximum Gasteiger partial charge on any atom is 0.331 e. The number of anilines is 1. The minimum atomic E-state index is -3.95. The topological polar surface area (TPSA) is 102 Å². The molecule has 1 fully saturated rings. The molecular formula is C24H28N4O5S. The van der Waals surface area contributed by atoms with Gasteiger partial charge < -0.3 is 4.90 Å². The molecule has 0 unspecified atom stereocenters. The summed E-state index contributed by atoms with van der Waals surface area (Å²) in [5, 5.41) is 0.106. The van der Waals surface area contributed by atoms with E-state index in [1.54, 1.807) is 23.1 Å². The third-order valence-corrected chi connectivity index (χ3v) is 8.14. The highest BCUT2D eigenvalue weighted by molar-refractivity contribution is 7.92. The van der Waals surface area contributed by atoms with Crippen LogP contribution in [0.25, 0.3) is 10.9 Å². The summed E-state index contributed by atoms with van der Waals surface area (Å²) in [5.41, 5.74) is 0.592. The highest BCUT2D eigenvalue weighted by atomic mass is 32.2. The van der Waals surface area contributed by atoms with Crippen LogP contribution in [0.4, 0.5) is 5.69 Å². The molecule has 1 aliphatic rings. The quantitative estimate of drug-likeness (QED) is 0.531. The molecule has 1 amide bonds. The molecule has 4 rings (SSSR count). The zero-order valence-electron chi connectivity index (χ0n) is 19.5. The summed E-state index contributed by atoms with van der Waals surface area (Å²) >= 11 is 0. The average Bonchev–Trinajstić information content (AvgIpc) is 3.37. The van der Waals surface area contributed by atoms with Crippen molar-refractivity contribution >= 4 is 32.5 Å². The van der Waals surface area contributed by atoms with E-state index in [1.807, 2.05) is 13.0 Å². The molecule has 0 saturated carbocycles. The Bertz CT molecular complexity index is 1480. The van der Waals surface area contributed by atoms with Crippen LogP contribution in [-0.4, -0.2) is 48.5 Å². The van der Waals surface area contributed by atoms with Crippen molar-refractivity contribution in [1.29, 1.82) is 0 Å². The van der Waals surface area contributed by atoms with Crippen LogP contribution >= 0.6 is 0 Å². The Hall–Kier alpha value is -3.40. The van der Waals surface area contributed by atoms with E-state index in [0.29, 0.717) is 24.3 Å². The lowest BCUT2D eigenvalue weighted by Gasteiger charge is -2.20. The van der Waals surface area contributed by atoms with Crippen LogP contribution < -0.4 is 15.6 Å². The molecule has 180 valence electrons. The number of sulfonamides is 1. The van der Waals surface area contributed by atoms with Gasteiger partial charge in [0.25, 0.3) is 15.6 Å². The second-order valence-corrected chi connectivity index (χ2v) is 10.6. The summed E-state index contributed by atoms with van der Waals surface area (Å²) in [5.74, 6) is -0.0948. The van der Waals surface area contributed by atoms with Crippen molar-refractivity contribution in [3.8, 4) is 0 Å². The van der Waals surface area contributed by atoms with E-state index in [4.69, 9.17) is 0 Å². The zero-order valence-corrected chi connectivity index (χ0v) is 20.3. The van der Waals surface area contributed by atoms with Crippen LogP contribution in [0.1, 0.15) is 24.8 Å². The summed E-state index contributed by atoms with van der Waals surface area (Å²) < 4.78 is 30.1. The van der Waals surface area contributed by atoms with Gasteiger partial charge in [-0.15, -0.1) is 0 Å². The smallest absolute Gasteiger partial charge is 0.331 e. The normalized spacial score (nSPS) is 14.0. The van der Waals surface area contributed by atoms with Gasteiger partial charge in [-0.3, -0.25) is 23.0 Å². The number of nitrogens with zero attached hydrogens (tertiary/aromatic N) is 4. The second-order valence-electron chi connectivity index (χ2n) is 8.63. The van der Waals surface area contributed by atoms with Gasteiger partial charge in [-0.2, -0.15) is 0 Å². The molecule has 0 spiro atoms. The van der Waals surface area contributed by atoms with Crippen molar-refractivity contribution < 1.29 is 13.2 Å². The van der Waals surface area contributed by atoms with Gasteiger partial charge in [-0.1, -0.05) is 12.1 Å². The third kappa shape index (κ3) is 4.25. The first-order valence-corrected chi connectivity index (χ1v) is 12.6. The van der Waals surface area contributed by atoms with Gasteiger partial charge in [0.05, 0.1) is 21.5 Å². The predicted molar refractivity (Wildman–Crippen MR) is 131 cm³/mol. The number of hydrogen-bond acceptors (Lipinski definition) is 5. The molecule has 1 saturated heterocycles. The summed E-state index contributed by atoms with van der Waals surface area (Å²) in [4.78, 5) is 40.1. The van der Waals surface area contributed by atoms with Crippen LogP contribution in [0.2, 0.25) is 0 Å². The lowest BCUT2D eigenvalue weighted by molar-refractivity contribution is -0.130. The van der Waals surface area contributed by atoms with E-state index in [0.717, 1.165) is 27.3 Å². The zero-order chi connectivity index (χ0) is 24.6. The van der Waals surface area contributed by atoms with Crippen molar-refractivity contribution in [2.75, 3.05) is 24.4 Å². The standard InChI is InChI=1S/C24H28N4O5S/c1-17-7-6-8-18(15-17)26(3)34(32,33)19-9-10-21-20(16-19)23(30)28(24(31)25(21)2)14-11-22(29)27-12-4-5-13-27/h6-10,15-16H,4-5,11-14H2,1-3H3. The van der Waals surface area contributed by atoms with Crippen molar-refractivity contribution in [2.24, 2.45) is 7.05 Å². The molecule has 0 radical (unpaired) electrons. The predicted octanol–water partition coefficient (Wildman–Crippen LogP) is 1.85. The fourth-order valence-corrected chi connectivity index (χ4v) is 5.52. The number of fused-ring (bicyclic) bond motifs is 1. The number of aryl methyl sites for hydroxylation is 2. The number of likely N-dealkylation sites (tertiary alicyclic amines) is 1. The Labute approximate surface area is 197 Å². The maximum atomic E-state index is 13.3. The maximum absolute atomic E-state index is 13.3. The molecule has 10 heteroatoms. The largest absolute Gasteiger partial charge is 0.343 e. The minimum Gasteiger partial charge on any atom is -0.343 e. The average molecular weight is 485 g/mol. The van der Waals surface area contributed by atoms with Crippen LogP contribution in [-0.2, 0) is 28.4 Å². The van der Waals surface area contributed by atoms with Crippen molar-refractivity contribution in [1.82, 2.24) is 14.0 Å². The second kappa shape index (κ2) is 9.09. The van der Waals surface area contributed by atoms with Gasteiger partial charge in [0.2, 0.25) is 5.91 Å². The van der Waals surface area contributed by atoms with Crippen molar-refractivity contribution in [2.45, 2.75) is 37.6 Å². The van der Waals surface area contributed by atoms with Crippen LogP contribution in [0.5, 0.6) is 0 Å². The Kier molecular flexibility index (Phi) is 6.35. The number of rotatable bonds is 6. The lowest BCUT2D eigenvalue weighted by atomic mass is 10.2. The molecule has 3 aromatic rings. The summed E-state index contributed by atoms with van der Waals surface area (Å²) in [7, 11) is -0.973. The first-order chi connectivity index (χ1) is 16.1. The molecule has 2 heterocycles. The molecule has 9 nitrogen and oxygen atoms in total. The molecule has 1 aromatic heterocycles. The molecular weight excluding hydrogens is 456 g/mol. The van der Waals surface area contributed by atoms with Gasteiger partial charge >= 0.3 is 5.69 Å². The van der Waals surface area contributed by atoms with E-state index >= 15 is 0 Å². The molecule has 2 aromatic carbocycles. The number of carbonyl (C=O) groups excluding carboxylic acids is 1. The fourth-order valence-electron chi connectivity index (χ4n) is 4.31. The lowest BCUT2D eigenvalue weighted by Crippen LogP contribution is -2.40. The molecule has 0 atom stereocenters.